The molecule has 1 aliphatic heterocycles. The smallest absolute Gasteiger partial charge is 0.241 e. The van der Waals surface area contributed by atoms with Crippen molar-refractivity contribution in [1.29, 1.82) is 0 Å². The first-order valence-corrected chi connectivity index (χ1v) is 5.99. The molecule has 1 saturated heterocycles. The Kier molecular flexibility index (Phi) is 2.84. The molecule has 1 heterocycles. The van der Waals surface area contributed by atoms with E-state index in [4.69, 9.17) is 0 Å². The Balaban J connectivity index is 2.48. The maximum absolute atomic E-state index is 11.7. The van der Waals surface area contributed by atoms with Gasteiger partial charge in [0.2, 0.25) is 11.8 Å². The second kappa shape index (κ2) is 4.01. The monoisotopic (exact) mass is 281 g/mol. The summed E-state index contributed by atoms with van der Waals surface area (Å²) < 4.78 is 0. The zero-order valence-electron chi connectivity index (χ0n) is 9.08. The Hall–Kier alpha value is -1.16. The van der Waals surface area contributed by atoms with Crippen LogP contribution in [0.25, 0.3) is 0 Å². The highest BCUT2D eigenvalue weighted by Crippen LogP contribution is 2.32. The molecule has 2 atom stereocenters. The minimum absolute atomic E-state index is 0.222. The fourth-order valence-corrected chi connectivity index (χ4v) is 2.60. The minimum atomic E-state index is -0.458. The van der Waals surface area contributed by atoms with Gasteiger partial charge in [-0.05, 0) is 30.5 Å². The van der Waals surface area contributed by atoms with Crippen LogP contribution in [-0.2, 0) is 9.59 Å². The predicted octanol–water partition coefficient (Wildman–Crippen LogP) is 1.81. The second-order valence-corrected chi connectivity index (χ2v) is 5.01. The van der Waals surface area contributed by atoms with Crippen molar-refractivity contribution in [3.05, 3.63) is 34.9 Å². The van der Waals surface area contributed by atoms with Gasteiger partial charge in [-0.25, -0.2) is 0 Å². The van der Waals surface area contributed by atoms with Crippen molar-refractivity contribution in [2.75, 3.05) is 0 Å². The van der Waals surface area contributed by atoms with Crippen molar-refractivity contribution in [1.82, 2.24) is 5.32 Å². The zero-order valence-corrected chi connectivity index (χ0v) is 10.7. The van der Waals surface area contributed by atoms with Gasteiger partial charge in [-0.15, -0.1) is 0 Å². The van der Waals surface area contributed by atoms with Gasteiger partial charge in [-0.2, -0.15) is 0 Å². The summed E-state index contributed by atoms with van der Waals surface area (Å²) in [5.41, 5.74) is 3.12. The molecule has 2 rings (SSSR count). The highest BCUT2D eigenvalue weighted by molar-refractivity contribution is 9.10. The van der Waals surface area contributed by atoms with E-state index in [9.17, 15) is 9.59 Å². The van der Waals surface area contributed by atoms with Crippen LogP contribution in [0.1, 0.15) is 22.6 Å². The molecule has 1 aromatic rings. The Morgan fingerprint density at radius 1 is 1.19 bits per heavy atom. The number of hydrogen-bond donors (Lipinski definition) is 1. The topological polar surface area (TPSA) is 46.2 Å². The van der Waals surface area contributed by atoms with Crippen LogP contribution in [-0.4, -0.2) is 16.6 Å². The molecular formula is C12H12BrNO2. The molecule has 0 saturated carbocycles. The van der Waals surface area contributed by atoms with Gasteiger partial charge in [0.25, 0.3) is 0 Å². The third-order valence-electron chi connectivity index (χ3n) is 3.05. The summed E-state index contributed by atoms with van der Waals surface area (Å²) in [6.07, 6.45) is 0. The van der Waals surface area contributed by atoms with Gasteiger partial charge in [0.1, 0.15) is 4.83 Å². The Labute approximate surface area is 102 Å². The van der Waals surface area contributed by atoms with Crippen molar-refractivity contribution in [2.24, 2.45) is 0 Å². The van der Waals surface area contributed by atoms with E-state index in [0.717, 1.165) is 16.7 Å². The van der Waals surface area contributed by atoms with E-state index in [1.165, 1.54) is 0 Å². The summed E-state index contributed by atoms with van der Waals surface area (Å²) in [5.74, 6) is -0.885. The Bertz CT molecular complexity index is 470. The van der Waals surface area contributed by atoms with Crippen LogP contribution < -0.4 is 5.32 Å². The van der Waals surface area contributed by atoms with Gasteiger partial charge in [0.05, 0.1) is 5.92 Å². The number of amides is 2. The van der Waals surface area contributed by atoms with Crippen molar-refractivity contribution in [3.8, 4) is 0 Å². The van der Waals surface area contributed by atoms with Crippen LogP contribution in [0.15, 0.2) is 18.2 Å². The molecule has 1 N–H and O–H groups in total. The van der Waals surface area contributed by atoms with Crippen LogP contribution in [0.4, 0.5) is 0 Å². The molecule has 0 radical (unpaired) electrons. The molecule has 84 valence electrons. The summed E-state index contributed by atoms with van der Waals surface area (Å²) in [4.78, 5) is 22.6. The van der Waals surface area contributed by atoms with Crippen LogP contribution >= 0.6 is 15.9 Å². The van der Waals surface area contributed by atoms with Gasteiger partial charge in [-0.1, -0.05) is 34.1 Å². The lowest BCUT2D eigenvalue weighted by molar-refractivity contribution is -0.125. The Morgan fingerprint density at radius 2 is 1.88 bits per heavy atom. The Morgan fingerprint density at radius 3 is 2.44 bits per heavy atom. The third kappa shape index (κ3) is 1.67. The first-order chi connectivity index (χ1) is 7.52. The van der Waals surface area contributed by atoms with E-state index in [0.29, 0.717) is 0 Å². The van der Waals surface area contributed by atoms with Gasteiger partial charge in [0.15, 0.2) is 0 Å². The largest absolute Gasteiger partial charge is 0.295 e. The fraction of sp³-hybridized carbons (Fsp3) is 0.333. The average molecular weight is 282 g/mol. The molecule has 1 aromatic carbocycles. The van der Waals surface area contributed by atoms with Gasteiger partial charge < -0.3 is 0 Å². The maximum Gasteiger partial charge on any atom is 0.241 e. The van der Waals surface area contributed by atoms with Gasteiger partial charge >= 0.3 is 0 Å². The lowest BCUT2D eigenvalue weighted by Crippen LogP contribution is -2.22. The second-order valence-electron chi connectivity index (χ2n) is 4.02. The molecule has 1 fully saturated rings. The van der Waals surface area contributed by atoms with Crippen LogP contribution in [0.2, 0.25) is 0 Å². The minimum Gasteiger partial charge on any atom is -0.295 e. The molecule has 3 nitrogen and oxygen atoms in total. The van der Waals surface area contributed by atoms with Crippen molar-refractivity contribution >= 4 is 27.7 Å². The third-order valence-corrected chi connectivity index (χ3v) is 4.00. The molecule has 0 aromatic heterocycles. The summed E-state index contributed by atoms with van der Waals surface area (Å²) in [5, 5.41) is 2.34. The molecular weight excluding hydrogens is 270 g/mol. The van der Waals surface area contributed by atoms with Crippen LogP contribution in [0.5, 0.6) is 0 Å². The molecule has 0 bridgehead atoms. The highest BCUT2D eigenvalue weighted by Gasteiger charge is 2.41. The number of aryl methyl sites for hydroxylation is 1. The lowest BCUT2D eigenvalue weighted by Gasteiger charge is -2.14. The quantitative estimate of drug-likeness (QED) is 0.630. The first kappa shape index (κ1) is 11.3. The number of halogens is 1. The van der Waals surface area contributed by atoms with E-state index >= 15 is 0 Å². The predicted molar refractivity (Wildman–Crippen MR) is 64.5 cm³/mol. The number of carbonyl (C=O) groups is 2. The molecule has 2 unspecified atom stereocenters. The molecule has 1 aliphatic rings. The average Bonchev–Trinajstić information content (AvgIpc) is 2.47. The van der Waals surface area contributed by atoms with Gasteiger partial charge in [-0.3, -0.25) is 14.9 Å². The van der Waals surface area contributed by atoms with Crippen molar-refractivity contribution in [2.45, 2.75) is 24.6 Å². The number of nitrogens with one attached hydrogen (secondary N) is 1. The van der Waals surface area contributed by atoms with E-state index in [2.05, 4.69) is 21.2 Å². The van der Waals surface area contributed by atoms with E-state index in [1.807, 2.05) is 32.0 Å². The molecule has 0 spiro atoms. The molecule has 2 amide bonds. The number of hydrogen-bond acceptors (Lipinski definition) is 2. The van der Waals surface area contributed by atoms with E-state index < -0.39 is 10.7 Å². The number of benzene rings is 1. The van der Waals surface area contributed by atoms with E-state index in [-0.39, 0.29) is 11.8 Å². The van der Waals surface area contributed by atoms with Crippen molar-refractivity contribution in [3.63, 3.8) is 0 Å². The van der Waals surface area contributed by atoms with Crippen LogP contribution in [0.3, 0.4) is 0 Å². The zero-order chi connectivity index (χ0) is 11.9. The summed E-state index contributed by atoms with van der Waals surface area (Å²) in [6.45, 7) is 3.97. The standard InChI is InChI=1S/C12H12BrNO2/c1-6-4-3-5-8(7(6)2)9-10(13)12(16)14-11(9)15/h3-5,9-10H,1-2H3,(H,14,15,16). The highest BCUT2D eigenvalue weighted by atomic mass is 79.9. The number of carbonyl (C=O) groups excluding carboxylic acids is 2. The summed E-state index contributed by atoms with van der Waals surface area (Å²) >= 11 is 3.27. The SMILES string of the molecule is Cc1cccc(C2C(=O)NC(=O)C2Br)c1C. The number of rotatable bonds is 1. The maximum atomic E-state index is 11.7. The fourth-order valence-electron chi connectivity index (χ4n) is 1.96. The number of imide groups is 1. The molecule has 0 aliphatic carbocycles. The first-order valence-electron chi connectivity index (χ1n) is 5.07. The summed E-state index contributed by atoms with van der Waals surface area (Å²) in [6, 6.07) is 5.81. The summed E-state index contributed by atoms with van der Waals surface area (Å²) in [7, 11) is 0. The van der Waals surface area contributed by atoms with Gasteiger partial charge in [0, 0.05) is 0 Å². The van der Waals surface area contributed by atoms with Crippen LogP contribution in [0, 0.1) is 13.8 Å². The molecule has 16 heavy (non-hydrogen) atoms. The normalized spacial score (nSPS) is 24.7. The van der Waals surface area contributed by atoms with E-state index in [1.54, 1.807) is 0 Å². The lowest BCUT2D eigenvalue weighted by atomic mass is 9.91. The number of alkyl halides is 1. The van der Waals surface area contributed by atoms with Crippen molar-refractivity contribution < 1.29 is 9.59 Å². The molecule has 4 heteroatoms.